The van der Waals surface area contributed by atoms with Gasteiger partial charge in [-0.3, -0.25) is 4.99 Å². The minimum Gasteiger partial charge on any atom is -0.395 e. The number of halogens is 2. The lowest BCUT2D eigenvalue weighted by molar-refractivity contribution is 0.167. The van der Waals surface area contributed by atoms with E-state index >= 15 is 0 Å². The first-order valence-electron chi connectivity index (χ1n) is 7.39. The fourth-order valence-electron chi connectivity index (χ4n) is 2.33. The molecule has 2 rings (SSSR count). The zero-order valence-corrected chi connectivity index (χ0v) is 14.4. The second kappa shape index (κ2) is 8.15. The number of hydrogen-bond acceptors (Lipinski definition) is 5. The van der Waals surface area contributed by atoms with Crippen LogP contribution in [0, 0.1) is 5.92 Å². The highest BCUT2D eigenvalue weighted by molar-refractivity contribution is 8.13. The molecule has 1 heterocycles. The molecule has 5 nitrogen and oxygen atoms in total. The molecule has 0 bridgehead atoms. The monoisotopic (exact) mass is 349 g/mol. The number of thioether (sulfide) groups is 1. The Balaban J connectivity index is 1.88. The first kappa shape index (κ1) is 17.5. The predicted octanol–water partition coefficient (Wildman–Crippen LogP) is 3.32. The average Bonchev–Trinajstić information content (AvgIpc) is 2.47. The lowest BCUT2D eigenvalue weighted by Gasteiger charge is -2.30. The molecular weight excluding hydrogens is 329 g/mol. The number of hydrogen-bond donors (Lipinski definition) is 0. The molecule has 0 N–H and O–H groups in total. The second-order valence-corrected chi connectivity index (χ2v) is 7.17. The zero-order chi connectivity index (χ0) is 16.1. The largest absolute Gasteiger partial charge is 0.415 e. The van der Waals surface area contributed by atoms with Crippen molar-refractivity contribution < 1.29 is 13.9 Å². The van der Waals surface area contributed by atoms with Gasteiger partial charge in [0.15, 0.2) is 5.17 Å². The van der Waals surface area contributed by atoms with Crippen LogP contribution in [0.3, 0.4) is 0 Å². The van der Waals surface area contributed by atoms with Gasteiger partial charge in [0.2, 0.25) is 5.90 Å². The smallest absolute Gasteiger partial charge is 0.395 e. The standard InChI is InChI=1S/C14H21ClFN3O2S/c1-19(2)14(20)21-12-6-7-17-13(18-12)22-8-9-10(15)4-3-5-11(9)16/h9-11H,3-8H2,1-2H3. The number of nitrogens with zero attached hydrogens (tertiary/aromatic N) is 3. The fraction of sp³-hybridized carbons (Fsp3) is 0.786. The van der Waals surface area contributed by atoms with Crippen LogP contribution in [0.25, 0.3) is 0 Å². The molecule has 8 heteroatoms. The van der Waals surface area contributed by atoms with Crippen LogP contribution >= 0.6 is 23.4 Å². The molecule has 1 aliphatic carbocycles. The van der Waals surface area contributed by atoms with Gasteiger partial charge in [0.25, 0.3) is 0 Å². The van der Waals surface area contributed by atoms with Gasteiger partial charge in [-0.15, -0.1) is 11.6 Å². The molecule has 22 heavy (non-hydrogen) atoms. The van der Waals surface area contributed by atoms with Crippen molar-refractivity contribution >= 4 is 40.5 Å². The first-order valence-corrected chi connectivity index (χ1v) is 8.81. The van der Waals surface area contributed by atoms with Crippen LogP contribution in [-0.2, 0) is 4.74 Å². The van der Waals surface area contributed by atoms with E-state index in [9.17, 15) is 9.18 Å². The zero-order valence-electron chi connectivity index (χ0n) is 12.8. The van der Waals surface area contributed by atoms with E-state index in [0.717, 1.165) is 12.8 Å². The molecule has 0 aromatic rings. The molecule has 3 atom stereocenters. The molecule has 0 aromatic carbocycles. The topological polar surface area (TPSA) is 54.3 Å². The number of aliphatic imine (C=N–C) groups is 2. The summed E-state index contributed by atoms with van der Waals surface area (Å²) in [5.74, 6) is 0.735. The van der Waals surface area contributed by atoms with E-state index in [0.29, 0.717) is 36.2 Å². The van der Waals surface area contributed by atoms with Gasteiger partial charge in [-0.25, -0.2) is 9.18 Å². The second-order valence-electron chi connectivity index (χ2n) is 5.62. The van der Waals surface area contributed by atoms with Crippen LogP contribution in [0.4, 0.5) is 9.18 Å². The molecule has 1 aliphatic heterocycles. The van der Waals surface area contributed by atoms with Crippen LogP contribution in [0.15, 0.2) is 9.98 Å². The minimum absolute atomic E-state index is 0.129. The third-order valence-electron chi connectivity index (χ3n) is 3.66. The van der Waals surface area contributed by atoms with Gasteiger partial charge in [0.1, 0.15) is 6.17 Å². The normalized spacial score (nSPS) is 28.6. The summed E-state index contributed by atoms with van der Waals surface area (Å²) in [5.41, 5.74) is 0. The lowest BCUT2D eigenvalue weighted by Crippen LogP contribution is -2.32. The molecule has 0 radical (unpaired) electrons. The summed E-state index contributed by atoms with van der Waals surface area (Å²) < 4.78 is 19.1. The van der Waals surface area contributed by atoms with Crippen molar-refractivity contribution in [3.63, 3.8) is 0 Å². The van der Waals surface area contributed by atoms with E-state index in [1.165, 1.54) is 16.7 Å². The van der Waals surface area contributed by atoms with E-state index in [4.69, 9.17) is 16.3 Å². The maximum atomic E-state index is 13.9. The maximum absolute atomic E-state index is 13.9. The third-order valence-corrected chi connectivity index (χ3v) is 5.23. The summed E-state index contributed by atoms with van der Waals surface area (Å²) in [6.45, 7) is 0.524. The van der Waals surface area contributed by atoms with Crippen molar-refractivity contribution in [1.82, 2.24) is 4.90 Å². The quantitative estimate of drug-likeness (QED) is 0.718. The lowest BCUT2D eigenvalue weighted by atomic mass is 9.88. The van der Waals surface area contributed by atoms with Crippen LogP contribution in [0.1, 0.15) is 25.7 Å². The molecule has 0 spiro atoms. The molecule has 1 amide bonds. The predicted molar refractivity (Wildman–Crippen MR) is 88.9 cm³/mol. The summed E-state index contributed by atoms with van der Waals surface area (Å²) in [5, 5.41) is 0.407. The highest BCUT2D eigenvalue weighted by atomic mass is 35.5. The number of amidine groups is 1. The molecule has 0 aromatic heterocycles. The Morgan fingerprint density at radius 2 is 2.27 bits per heavy atom. The average molecular weight is 350 g/mol. The highest BCUT2D eigenvalue weighted by Crippen LogP contribution is 2.34. The molecule has 1 fully saturated rings. The van der Waals surface area contributed by atoms with Crippen molar-refractivity contribution in [2.24, 2.45) is 15.9 Å². The van der Waals surface area contributed by atoms with Crippen molar-refractivity contribution in [1.29, 1.82) is 0 Å². The van der Waals surface area contributed by atoms with Crippen molar-refractivity contribution in [3.8, 4) is 0 Å². The Morgan fingerprint density at radius 1 is 1.50 bits per heavy atom. The SMILES string of the molecule is CN(C)C(=O)OC1=NC(SCC2C(F)CCCC2Cl)=NCC1. The van der Waals surface area contributed by atoms with E-state index < -0.39 is 12.3 Å². The Hall–Kier alpha value is -0.820. The number of carbonyl (C=O) groups is 1. The molecule has 2 aliphatic rings. The molecular formula is C14H21ClFN3O2S. The van der Waals surface area contributed by atoms with Crippen LogP contribution in [0.5, 0.6) is 0 Å². The van der Waals surface area contributed by atoms with Crippen molar-refractivity contribution in [3.05, 3.63) is 0 Å². The van der Waals surface area contributed by atoms with E-state index in [2.05, 4.69) is 9.98 Å². The number of ether oxygens (including phenoxy) is 1. The van der Waals surface area contributed by atoms with E-state index in [1.807, 2.05) is 0 Å². The van der Waals surface area contributed by atoms with E-state index in [-0.39, 0.29) is 11.3 Å². The number of amides is 1. The number of alkyl halides is 2. The molecule has 1 saturated carbocycles. The summed E-state index contributed by atoms with van der Waals surface area (Å²) in [4.78, 5) is 21.4. The van der Waals surface area contributed by atoms with Crippen molar-refractivity contribution in [2.75, 3.05) is 26.4 Å². The molecule has 3 unspecified atom stereocenters. The fourth-order valence-corrected chi connectivity index (χ4v) is 3.97. The minimum atomic E-state index is -0.858. The van der Waals surface area contributed by atoms with E-state index in [1.54, 1.807) is 14.1 Å². The summed E-state index contributed by atoms with van der Waals surface area (Å²) in [6.07, 6.45) is 1.46. The highest BCUT2D eigenvalue weighted by Gasteiger charge is 2.32. The Bertz CT molecular complexity index is 463. The summed E-state index contributed by atoms with van der Waals surface area (Å²) >= 11 is 7.61. The van der Waals surface area contributed by atoms with Gasteiger partial charge in [-0.05, 0) is 19.3 Å². The summed E-state index contributed by atoms with van der Waals surface area (Å²) in [7, 11) is 3.22. The van der Waals surface area contributed by atoms with Crippen LogP contribution in [0.2, 0.25) is 0 Å². The van der Waals surface area contributed by atoms with Crippen LogP contribution in [-0.4, -0.2) is 60.0 Å². The molecule has 0 saturated heterocycles. The number of carbonyl (C=O) groups excluding carboxylic acids is 1. The first-order chi connectivity index (χ1) is 10.5. The Labute approximate surface area is 139 Å². The van der Waals surface area contributed by atoms with Crippen LogP contribution < -0.4 is 0 Å². The van der Waals surface area contributed by atoms with Gasteiger partial charge in [-0.1, -0.05) is 11.8 Å². The Morgan fingerprint density at radius 3 is 2.95 bits per heavy atom. The van der Waals surface area contributed by atoms with Gasteiger partial charge in [-0.2, -0.15) is 4.99 Å². The van der Waals surface area contributed by atoms with Gasteiger partial charge < -0.3 is 9.64 Å². The molecule has 124 valence electrons. The number of rotatable bonds is 2. The summed E-state index contributed by atoms with van der Waals surface area (Å²) in [6, 6.07) is 0. The van der Waals surface area contributed by atoms with Crippen molar-refractivity contribution in [2.45, 2.75) is 37.2 Å². The Kier molecular flexibility index (Phi) is 6.50. The van der Waals surface area contributed by atoms with Gasteiger partial charge in [0, 0.05) is 37.6 Å². The van der Waals surface area contributed by atoms with Gasteiger partial charge >= 0.3 is 6.09 Å². The van der Waals surface area contributed by atoms with Gasteiger partial charge in [0.05, 0.1) is 6.54 Å². The maximum Gasteiger partial charge on any atom is 0.415 e. The third kappa shape index (κ3) is 4.84.